The van der Waals surface area contributed by atoms with Crippen LogP contribution in [-0.2, 0) is 23.7 Å². The second kappa shape index (κ2) is 15.0. The Morgan fingerprint density at radius 1 is 0.889 bits per heavy atom. The summed E-state index contributed by atoms with van der Waals surface area (Å²) in [5.41, 5.74) is 1.50. The number of esters is 2. The van der Waals surface area contributed by atoms with Crippen LogP contribution in [0.25, 0.3) is 0 Å². The molecule has 1 rings (SSSR count). The lowest BCUT2D eigenvalue weighted by Gasteiger charge is -2.08. The molecule has 7 nitrogen and oxygen atoms in total. The van der Waals surface area contributed by atoms with E-state index in [1.807, 2.05) is 12.1 Å². The number of rotatable bonds is 15. The molecule has 0 saturated carbocycles. The molecule has 27 heavy (non-hydrogen) atoms. The zero-order valence-electron chi connectivity index (χ0n) is 16.3. The van der Waals surface area contributed by atoms with E-state index in [1.54, 1.807) is 19.1 Å². The summed E-state index contributed by atoms with van der Waals surface area (Å²) >= 11 is 0. The van der Waals surface area contributed by atoms with Gasteiger partial charge in [-0.25, -0.2) is 4.79 Å². The molecule has 0 atom stereocenters. The molecule has 0 fully saturated rings. The number of nitrogens with one attached hydrogen (secondary N) is 1. The zero-order chi connectivity index (χ0) is 19.7. The maximum atomic E-state index is 11.9. The van der Waals surface area contributed by atoms with Crippen molar-refractivity contribution in [2.24, 2.45) is 0 Å². The summed E-state index contributed by atoms with van der Waals surface area (Å²) in [5.74, 6) is -0.639. The molecule has 0 unspecified atom stereocenters. The summed E-state index contributed by atoms with van der Waals surface area (Å²) < 4.78 is 20.5. The predicted octanol–water partition coefficient (Wildman–Crippen LogP) is 3.04. The van der Waals surface area contributed by atoms with Gasteiger partial charge in [0.2, 0.25) is 0 Å². The average molecular weight is 381 g/mol. The summed E-state index contributed by atoms with van der Waals surface area (Å²) in [6, 6.07) is 7.23. The van der Waals surface area contributed by atoms with E-state index in [2.05, 4.69) is 12.2 Å². The second-order valence-corrected chi connectivity index (χ2v) is 5.77. The third-order valence-electron chi connectivity index (χ3n) is 3.57. The number of carbonyl (C=O) groups is 2. The highest BCUT2D eigenvalue weighted by atomic mass is 16.6. The first-order valence-corrected chi connectivity index (χ1v) is 9.49. The van der Waals surface area contributed by atoms with E-state index in [9.17, 15) is 9.59 Å². The maximum Gasteiger partial charge on any atom is 0.338 e. The molecule has 0 spiro atoms. The van der Waals surface area contributed by atoms with E-state index in [-0.39, 0.29) is 25.0 Å². The van der Waals surface area contributed by atoms with E-state index in [0.717, 1.165) is 25.1 Å². The van der Waals surface area contributed by atoms with Crippen LogP contribution in [0, 0.1) is 0 Å². The predicted molar refractivity (Wildman–Crippen MR) is 103 cm³/mol. The van der Waals surface area contributed by atoms with Gasteiger partial charge in [-0.1, -0.05) is 13.3 Å². The van der Waals surface area contributed by atoms with Gasteiger partial charge in [0.15, 0.2) is 0 Å². The minimum Gasteiger partial charge on any atom is -0.466 e. The van der Waals surface area contributed by atoms with Gasteiger partial charge in [-0.15, -0.1) is 0 Å². The van der Waals surface area contributed by atoms with Gasteiger partial charge in [-0.2, -0.15) is 0 Å². The van der Waals surface area contributed by atoms with Gasteiger partial charge < -0.3 is 24.3 Å². The lowest BCUT2D eigenvalue weighted by molar-refractivity contribution is -0.144. The van der Waals surface area contributed by atoms with Crippen LogP contribution < -0.4 is 5.32 Å². The Labute approximate surface area is 161 Å². The van der Waals surface area contributed by atoms with Gasteiger partial charge in [-0.3, -0.25) is 4.79 Å². The SMILES string of the molecule is CCCCNc1ccc(C(=O)OCCOCCOCCC(=O)OCC)cc1. The first-order chi connectivity index (χ1) is 13.2. The van der Waals surface area contributed by atoms with Crippen LogP contribution in [0.5, 0.6) is 0 Å². The largest absolute Gasteiger partial charge is 0.466 e. The fraction of sp³-hybridized carbons (Fsp3) is 0.600. The summed E-state index contributed by atoms with van der Waals surface area (Å²) in [4.78, 5) is 23.0. The maximum absolute atomic E-state index is 11.9. The summed E-state index contributed by atoms with van der Waals surface area (Å²) in [5, 5.41) is 3.30. The van der Waals surface area contributed by atoms with Crippen LogP contribution in [0.2, 0.25) is 0 Å². The van der Waals surface area contributed by atoms with E-state index < -0.39 is 0 Å². The number of carbonyl (C=O) groups excluding carboxylic acids is 2. The number of benzene rings is 1. The highest BCUT2D eigenvalue weighted by Gasteiger charge is 2.06. The van der Waals surface area contributed by atoms with E-state index >= 15 is 0 Å². The van der Waals surface area contributed by atoms with Crippen molar-refractivity contribution in [2.75, 3.05) is 51.5 Å². The normalized spacial score (nSPS) is 10.4. The summed E-state index contributed by atoms with van der Waals surface area (Å²) in [7, 11) is 0. The highest BCUT2D eigenvalue weighted by Crippen LogP contribution is 2.10. The van der Waals surface area contributed by atoms with Crippen molar-refractivity contribution in [2.45, 2.75) is 33.1 Å². The molecule has 0 bridgehead atoms. The summed E-state index contributed by atoms with van der Waals surface area (Å²) in [6.07, 6.45) is 2.48. The standard InChI is InChI=1S/C20H31NO6/c1-3-5-11-21-18-8-6-17(7-9-18)20(23)27-16-15-25-14-13-24-12-10-19(22)26-4-2/h6-9,21H,3-5,10-16H2,1-2H3. The van der Waals surface area contributed by atoms with Crippen molar-refractivity contribution in [1.82, 2.24) is 0 Å². The molecular weight excluding hydrogens is 350 g/mol. The molecule has 0 heterocycles. The quantitative estimate of drug-likeness (QED) is 0.369. The Bertz CT molecular complexity index is 532. The van der Waals surface area contributed by atoms with Crippen molar-refractivity contribution in [3.8, 4) is 0 Å². The highest BCUT2D eigenvalue weighted by molar-refractivity contribution is 5.89. The van der Waals surface area contributed by atoms with Crippen molar-refractivity contribution >= 4 is 17.6 Å². The molecule has 1 aromatic rings. The number of unbranched alkanes of at least 4 members (excludes halogenated alkanes) is 1. The fourth-order valence-corrected chi connectivity index (χ4v) is 2.12. The lowest BCUT2D eigenvalue weighted by atomic mass is 10.2. The van der Waals surface area contributed by atoms with Gasteiger partial charge in [-0.05, 0) is 37.6 Å². The number of hydrogen-bond donors (Lipinski definition) is 1. The van der Waals surface area contributed by atoms with Crippen molar-refractivity contribution in [3.63, 3.8) is 0 Å². The van der Waals surface area contributed by atoms with Gasteiger partial charge >= 0.3 is 11.9 Å². The minimum absolute atomic E-state index is 0.179. The Hall–Kier alpha value is -2.12. The van der Waals surface area contributed by atoms with Gasteiger partial charge in [0.1, 0.15) is 6.61 Å². The molecule has 152 valence electrons. The van der Waals surface area contributed by atoms with E-state index in [4.69, 9.17) is 18.9 Å². The molecule has 0 aliphatic heterocycles. The first-order valence-electron chi connectivity index (χ1n) is 9.49. The Kier molecular flexibility index (Phi) is 12.7. The molecule has 0 aliphatic carbocycles. The van der Waals surface area contributed by atoms with E-state index in [1.165, 1.54) is 0 Å². The van der Waals surface area contributed by atoms with Gasteiger partial charge in [0, 0.05) is 12.2 Å². The molecule has 0 radical (unpaired) electrons. The zero-order valence-corrected chi connectivity index (χ0v) is 16.3. The number of hydrogen-bond acceptors (Lipinski definition) is 7. The fourth-order valence-electron chi connectivity index (χ4n) is 2.12. The minimum atomic E-state index is -0.371. The lowest BCUT2D eigenvalue weighted by Crippen LogP contribution is -2.14. The second-order valence-electron chi connectivity index (χ2n) is 5.77. The summed E-state index contributed by atoms with van der Waals surface area (Å²) in [6.45, 7) is 6.73. The molecule has 0 aliphatic rings. The first kappa shape index (κ1) is 22.9. The van der Waals surface area contributed by atoms with Crippen molar-refractivity contribution < 1.29 is 28.5 Å². The number of anilines is 1. The molecule has 0 saturated heterocycles. The van der Waals surface area contributed by atoms with Gasteiger partial charge in [0.25, 0.3) is 0 Å². The number of ether oxygens (including phenoxy) is 4. The van der Waals surface area contributed by atoms with Crippen LogP contribution >= 0.6 is 0 Å². The molecule has 1 N–H and O–H groups in total. The third-order valence-corrected chi connectivity index (χ3v) is 3.57. The Balaban J connectivity index is 2.04. The van der Waals surface area contributed by atoms with Crippen molar-refractivity contribution in [1.29, 1.82) is 0 Å². The molecular formula is C20H31NO6. The van der Waals surface area contributed by atoms with Crippen LogP contribution in [0.4, 0.5) is 5.69 Å². The van der Waals surface area contributed by atoms with Crippen molar-refractivity contribution in [3.05, 3.63) is 29.8 Å². The van der Waals surface area contributed by atoms with Crippen LogP contribution in [0.3, 0.4) is 0 Å². The molecule has 7 heteroatoms. The average Bonchev–Trinajstić information content (AvgIpc) is 2.67. The molecule has 1 aromatic carbocycles. The van der Waals surface area contributed by atoms with Crippen LogP contribution in [0.1, 0.15) is 43.5 Å². The van der Waals surface area contributed by atoms with Gasteiger partial charge in [0.05, 0.1) is 45.0 Å². The van der Waals surface area contributed by atoms with Crippen LogP contribution in [-0.4, -0.2) is 58.1 Å². The molecule has 0 aromatic heterocycles. The van der Waals surface area contributed by atoms with E-state index in [0.29, 0.717) is 38.6 Å². The monoisotopic (exact) mass is 381 g/mol. The Morgan fingerprint density at radius 2 is 1.56 bits per heavy atom. The Morgan fingerprint density at radius 3 is 2.22 bits per heavy atom. The topological polar surface area (TPSA) is 83.1 Å². The smallest absolute Gasteiger partial charge is 0.338 e. The molecule has 0 amide bonds. The van der Waals surface area contributed by atoms with Crippen LogP contribution in [0.15, 0.2) is 24.3 Å². The third kappa shape index (κ3) is 11.2.